The Balaban J connectivity index is 2.33. The van der Waals surface area contributed by atoms with Gasteiger partial charge in [0.15, 0.2) is 12.3 Å². The summed E-state index contributed by atoms with van der Waals surface area (Å²) in [7, 11) is 0. The largest absolute Gasteiger partial charge is 0.484 e. The van der Waals surface area contributed by atoms with Crippen molar-refractivity contribution in [3.05, 3.63) is 50.7 Å². The smallest absolute Gasteiger partial charge is 0.330 e. The molecule has 0 saturated heterocycles. The van der Waals surface area contributed by atoms with Crippen LogP contribution in [0.3, 0.4) is 0 Å². The first-order chi connectivity index (χ1) is 15.3. The minimum Gasteiger partial charge on any atom is -0.484 e. The van der Waals surface area contributed by atoms with Gasteiger partial charge in [-0.1, -0.05) is 59.1 Å². The highest BCUT2D eigenvalue weighted by atomic mass is 16.5. The van der Waals surface area contributed by atoms with Gasteiger partial charge in [0.05, 0.1) is 0 Å². The topological polar surface area (TPSA) is 110 Å². The monoisotopic (exact) mass is 444 g/mol. The summed E-state index contributed by atoms with van der Waals surface area (Å²) in [6, 6.07) is 7.61. The number of carbonyl (C=O) groups excluding carboxylic acids is 1. The number of amides is 1. The Bertz CT molecular complexity index is 1010. The van der Waals surface area contributed by atoms with Gasteiger partial charge in [-0.25, -0.2) is 4.79 Å². The molecule has 0 radical (unpaired) electrons. The van der Waals surface area contributed by atoms with Crippen LogP contribution < -0.4 is 26.6 Å². The van der Waals surface area contributed by atoms with E-state index in [2.05, 4.69) is 25.8 Å². The van der Waals surface area contributed by atoms with E-state index >= 15 is 0 Å². The molecule has 1 amide bonds. The molecule has 3 N–H and O–H groups in total. The number of carbonyl (C=O) groups is 1. The van der Waals surface area contributed by atoms with Crippen LogP contribution in [0.5, 0.6) is 5.75 Å². The molecule has 0 aliphatic rings. The number of nitrogens with two attached hydrogens (primary N) is 1. The number of aromatic nitrogens is 2. The summed E-state index contributed by atoms with van der Waals surface area (Å²) in [6.07, 6.45) is 4.16. The van der Waals surface area contributed by atoms with Crippen molar-refractivity contribution in [3.63, 3.8) is 0 Å². The SMILES string of the molecule is CCCCCN(C(=O)COc1cccc(C(C)C)c1)c1c(N)n(CCCC)c(=O)[nH]c1=O. The Kier molecular flexibility index (Phi) is 9.56. The Hall–Kier alpha value is -3.03. The summed E-state index contributed by atoms with van der Waals surface area (Å²) in [5.41, 5.74) is 6.14. The summed E-state index contributed by atoms with van der Waals surface area (Å²) in [5.74, 6) is 0.558. The van der Waals surface area contributed by atoms with Crippen LogP contribution >= 0.6 is 0 Å². The fourth-order valence-electron chi connectivity index (χ4n) is 3.44. The van der Waals surface area contributed by atoms with Crippen LogP contribution in [0.1, 0.15) is 71.3 Å². The number of nitrogens with zero attached hydrogens (tertiary/aromatic N) is 2. The first-order valence-corrected chi connectivity index (χ1v) is 11.5. The number of unbranched alkanes of at least 4 members (excludes halogenated alkanes) is 3. The van der Waals surface area contributed by atoms with Gasteiger partial charge in [-0.05, 0) is 36.5 Å². The minimum absolute atomic E-state index is 0.0128. The first kappa shape index (κ1) is 25.2. The highest BCUT2D eigenvalue weighted by molar-refractivity contribution is 5.96. The number of aromatic amines is 1. The van der Waals surface area contributed by atoms with Gasteiger partial charge in [-0.3, -0.25) is 19.1 Å². The maximum Gasteiger partial charge on any atom is 0.330 e. The molecule has 2 rings (SSSR count). The van der Waals surface area contributed by atoms with Gasteiger partial charge >= 0.3 is 5.69 Å². The molecular weight excluding hydrogens is 408 g/mol. The minimum atomic E-state index is -0.660. The predicted molar refractivity (Wildman–Crippen MR) is 129 cm³/mol. The van der Waals surface area contributed by atoms with E-state index in [4.69, 9.17) is 10.5 Å². The van der Waals surface area contributed by atoms with Gasteiger partial charge < -0.3 is 15.4 Å². The molecule has 0 spiro atoms. The lowest BCUT2D eigenvalue weighted by molar-refractivity contribution is -0.120. The zero-order valence-electron chi connectivity index (χ0n) is 19.6. The Morgan fingerprint density at radius 2 is 1.88 bits per heavy atom. The third kappa shape index (κ3) is 6.48. The van der Waals surface area contributed by atoms with Crippen molar-refractivity contribution in [2.24, 2.45) is 0 Å². The molecule has 1 aromatic heterocycles. The van der Waals surface area contributed by atoms with Crippen LogP contribution in [0.2, 0.25) is 0 Å². The standard InChI is InChI=1S/C24H36N4O4/c1-5-7-9-14-27(20(29)16-32-19-12-10-11-18(15-19)17(3)4)21-22(25)28(13-8-6-2)24(31)26-23(21)30/h10-12,15,17H,5-9,13-14,16,25H2,1-4H3,(H,26,30,31). The van der Waals surface area contributed by atoms with Crippen LogP contribution in [-0.4, -0.2) is 28.6 Å². The van der Waals surface area contributed by atoms with E-state index in [1.54, 1.807) is 6.07 Å². The predicted octanol–water partition coefficient (Wildman–Crippen LogP) is 3.64. The first-order valence-electron chi connectivity index (χ1n) is 11.5. The number of rotatable bonds is 12. The molecule has 176 valence electrons. The van der Waals surface area contributed by atoms with Crippen LogP contribution in [0.25, 0.3) is 0 Å². The maximum atomic E-state index is 13.1. The van der Waals surface area contributed by atoms with E-state index in [0.29, 0.717) is 31.2 Å². The number of hydrogen-bond donors (Lipinski definition) is 2. The molecule has 0 saturated carbocycles. The van der Waals surface area contributed by atoms with Crippen LogP contribution in [-0.2, 0) is 11.3 Å². The number of hydrogen-bond acceptors (Lipinski definition) is 5. The van der Waals surface area contributed by atoms with Crippen molar-refractivity contribution in [3.8, 4) is 5.75 Å². The summed E-state index contributed by atoms with van der Waals surface area (Å²) in [5, 5.41) is 0. The quantitative estimate of drug-likeness (QED) is 0.486. The van der Waals surface area contributed by atoms with Crippen molar-refractivity contribution in [1.29, 1.82) is 0 Å². The van der Waals surface area contributed by atoms with E-state index in [-0.39, 0.29) is 24.0 Å². The molecule has 0 bridgehead atoms. The highest BCUT2D eigenvalue weighted by Gasteiger charge is 2.24. The van der Waals surface area contributed by atoms with Crippen molar-refractivity contribution < 1.29 is 9.53 Å². The lowest BCUT2D eigenvalue weighted by atomic mass is 10.0. The molecule has 0 atom stereocenters. The normalized spacial score (nSPS) is 11.0. The number of nitrogen functional groups attached to an aromatic ring is 1. The number of nitrogens with one attached hydrogen (secondary N) is 1. The second-order valence-electron chi connectivity index (χ2n) is 8.27. The zero-order valence-corrected chi connectivity index (χ0v) is 19.6. The summed E-state index contributed by atoms with van der Waals surface area (Å²) < 4.78 is 7.08. The third-order valence-electron chi connectivity index (χ3n) is 5.39. The molecule has 8 heteroatoms. The summed E-state index contributed by atoms with van der Waals surface area (Å²) >= 11 is 0. The van der Waals surface area contributed by atoms with Gasteiger partial charge in [-0.15, -0.1) is 0 Å². The van der Waals surface area contributed by atoms with Gasteiger partial charge in [-0.2, -0.15) is 0 Å². The van der Waals surface area contributed by atoms with Crippen molar-refractivity contribution in [1.82, 2.24) is 9.55 Å². The lowest BCUT2D eigenvalue weighted by Crippen LogP contribution is -2.43. The number of benzene rings is 1. The number of anilines is 2. The Morgan fingerprint density at radius 1 is 1.16 bits per heavy atom. The highest BCUT2D eigenvalue weighted by Crippen LogP contribution is 2.22. The molecule has 32 heavy (non-hydrogen) atoms. The maximum absolute atomic E-state index is 13.1. The van der Waals surface area contributed by atoms with Crippen molar-refractivity contribution in [2.45, 2.75) is 72.3 Å². The Morgan fingerprint density at radius 3 is 2.53 bits per heavy atom. The van der Waals surface area contributed by atoms with E-state index < -0.39 is 11.2 Å². The average Bonchev–Trinajstić information content (AvgIpc) is 2.76. The Labute approximate surface area is 189 Å². The van der Waals surface area contributed by atoms with E-state index in [9.17, 15) is 14.4 Å². The molecule has 0 aliphatic carbocycles. The van der Waals surface area contributed by atoms with Gasteiger partial charge in [0.25, 0.3) is 11.5 Å². The third-order valence-corrected chi connectivity index (χ3v) is 5.39. The molecule has 8 nitrogen and oxygen atoms in total. The second kappa shape index (κ2) is 12.1. The molecule has 1 aromatic carbocycles. The van der Waals surface area contributed by atoms with Crippen LogP contribution in [0.4, 0.5) is 11.5 Å². The van der Waals surface area contributed by atoms with E-state index in [1.165, 1.54) is 9.47 Å². The number of ether oxygens (including phenoxy) is 1. The second-order valence-corrected chi connectivity index (χ2v) is 8.27. The fraction of sp³-hybridized carbons (Fsp3) is 0.542. The lowest BCUT2D eigenvalue weighted by Gasteiger charge is -2.24. The van der Waals surface area contributed by atoms with E-state index in [0.717, 1.165) is 31.2 Å². The summed E-state index contributed by atoms with van der Waals surface area (Å²) in [6.45, 7) is 8.69. The molecule has 0 fully saturated rings. The zero-order chi connectivity index (χ0) is 23.7. The molecule has 0 aliphatic heterocycles. The molecule has 0 unspecified atom stereocenters. The summed E-state index contributed by atoms with van der Waals surface area (Å²) in [4.78, 5) is 41.8. The van der Waals surface area contributed by atoms with Crippen LogP contribution in [0.15, 0.2) is 33.9 Å². The molecule has 2 aromatic rings. The fourth-order valence-corrected chi connectivity index (χ4v) is 3.44. The van der Waals surface area contributed by atoms with Crippen LogP contribution in [0, 0.1) is 0 Å². The van der Waals surface area contributed by atoms with Gasteiger partial charge in [0, 0.05) is 13.1 Å². The number of H-pyrrole nitrogens is 1. The molecular formula is C24H36N4O4. The van der Waals surface area contributed by atoms with Crippen molar-refractivity contribution >= 4 is 17.4 Å². The average molecular weight is 445 g/mol. The van der Waals surface area contributed by atoms with Gasteiger partial charge in [0.2, 0.25) is 0 Å². The molecule has 1 heterocycles. The van der Waals surface area contributed by atoms with Gasteiger partial charge in [0.1, 0.15) is 11.6 Å². The van der Waals surface area contributed by atoms with E-state index in [1.807, 2.05) is 25.1 Å². The van der Waals surface area contributed by atoms with Crippen molar-refractivity contribution in [2.75, 3.05) is 23.8 Å².